The molecule has 0 aliphatic heterocycles. The van der Waals surface area contributed by atoms with Crippen LogP contribution in [-0.2, 0) is 21.9 Å². The highest BCUT2D eigenvalue weighted by Crippen LogP contribution is 2.21. The summed E-state index contributed by atoms with van der Waals surface area (Å²) in [7, 11) is -2.03. The van der Waals surface area contributed by atoms with Crippen molar-refractivity contribution in [3.05, 3.63) is 48.5 Å². The molecule has 2 aromatic carbocycles. The van der Waals surface area contributed by atoms with E-state index in [0.717, 1.165) is 5.52 Å². The number of imidazole rings is 1. The molecule has 24 heavy (non-hydrogen) atoms. The molecule has 1 heterocycles. The molecule has 0 bridgehead atoms. The highest BCUT2D eigenvalue weighted by atomic mass is 32.2. The maximum absolute atomic E-state index is 12.5. The first-order chi connectivity index (χ1) is 11.4. The molecular weight excluding hydrogens is 328 g/mol. The van der Waals surface area contributed by atoms with E-state index in [1.165, 1.54) is 31.2 Å². The van der Waals surface area contributed by atoms with Crippen molar-refractivity contribution in [2.45, 2.75) is 11.8 Å². The summed E-state index contributed by atoms with van der Waals surface area (Å²) in [5.74, 6) is 0.0190. The van der Waals surface area contributed by atoms with Crippen LogP contribution in [0.3, 0.4) is 0 Å². The van der Waals surface area contributed by atoms with Crippen molar-refractivity contribution in [2.24, 2.45) is 7.05 Å². The second kappa shape index (κ2) is 5.97. The Balaban J connectivity index is 1.90. The predicted molar refractivity (Wildman–Crippen MR) is 92.3 cm³/mol. The Labute approximate surface area is 139 Å². The third kappa shape index (κ3) is 3.09. The third-order valence-electron chi connectivity index (χ3n) is 3.50. The SMILES string of the molecule is CC(=O)Nc1ccc(S(=O)(=O)Nc2nc3ccccc3n2C)cc1. The number of aromatic nitrogens is 2. The smallest absolute Gasteiger partial charge is 0.264 e. The fraction of sp³-hybridized carbons (Fsp3) is 0.125. The molecule has 3 rings (SSSR count). The third-order valence-corrected chi connectivity index (χ3v) is 4.84. The number of hydrogen-bond donors (Lipinski definition) is 2. The van der Waals surface area contributed by atoms with Crippen LogP contribution in [0.25, 0.3) is 11.0 Å². The van der Waals surface area contributed by atoms with Gasteiger partial charge in [0.1, 0.15) is 0 Å². The summed E-state index contributed by atoms with van der Waals surface area (Å²) < 4.78 is 29.2. The number of sulfonamides is 1. The number of hydrogen-bond acceptors (Lipinski definition) is 4. The first-order valence-electron chi connectivity index (χ1n) is 7.19. The van der Waals surface area contributed by atoms with Crippen LogP contribution in [0.2, 0.25) is 0 Å². The second-order valence-corrected chi connectivity index (χ2v) is 6.98. The number of carbonyl (C=O) groups is 1. The highest BCUT2D eigenvalue weighted by Gasteiger charge is 2.18. The lowest BCUT2D eigenvalue weighted by atomic mass is 10.3. The Hall–Kier alpha value is -2.87. The lowest BCUT2D eigenvalue weighted by molar-refractivity contribution is -0.114. The Morgan fingerprint density at radius 3 is 2.38 bits per heavy atom. The van der Waals surface area contributed by atoms with Gasteiger partial charge in [-0.2, -0.15) is 0 Å². The number of nitrogens with one attached hydrogen (secondary N) is 2. The molecule has 2 N–H and O–H groups in total. The van der Waals surface area contributed by atoms with Gasteiger partial charge in [0.05, 0.1) is 15.9 Å². The monoisotopic (exact) mass is 344 g/mol. The van der Waals surface area contributed by atoms with Gasteiger partial charge in [0, 0.05) is 19.7 Å². The zero-order valence-corrected chi connectivity index (χ0v) is 14.0. The molecular formula is C16H16N4O3S. The molecule has 0 saturated heterocycles. The van der Waals surface area contributed by atoms with Crippen LogP contribution < -0.4 is 10.0 Å². The second-order valence-electron chi connectivity index (χ2n) is 5.29. The number of nitrogens with zero attached hydrogens (tertiary/aromatic N) is 2. The average Bonchev–Trinajstić information content (AvgIpc) is 2.83. The van der Waals surface area contributed by atoms with Gasteiger partial charge in [0.2, 0.25) is 11.9 Å². The molecule has 0 fully saturated rings. The van der Waals surface area contributed by atoms with Crippen molar-refractivity contribution >= 4 is 38.6 Å². The number of fused-ring (bicyclic) bond motifs is 1. The van der Waals surface area contributed by atoms with E-state index in [0.29, 0.717) is 11.2 Å². The van der Waals surface area contributed by atoms with Crippen LogP contribution in [0.5, 0.6) is 0 Å². The number of carbonyl (C=O) groups excluding carboxylic acids is 1. The Bertz CT molecular complexity index is 1010. The molecule has 0 saturated carbocycles. The Morgan fingerprint density at radius 2 is 1.75 bits per heavy atom. The Kier molecular flexibility index (Phi) is 3.98. The quantitative estimate of drug-likeness (QED) is 0.760. The summed E-state index contributed by atoms with van der Waals surface area (Å²) in [5, 5.41) is 2.59. The molecule has 7 nitrogen and oxygen atoms in total. The number of anilines is 2. The van der Waals surface area contributed by atoms with Crippen molar-refractivity contribution in [1.82, 2.24) is 9.55 Å². The van der Waals surface area contributed by atoms with Gasteiger partial charge >= 0.3 is 0 Å². The zero-order chi connectivity index (χ0) is 17.3. The molecule has 124 valence electrons. The van der Waals surface area contributed by atoms with Gasteiger partial charge in [0.15, 0.2) is 0 Å². The minimum absolute atomic E-state index is 0.0867. The molecule has 1 aromatic heterocycles. The normalized spacial score (nSPS) is 11.4. The molecule has 8 heteroatoms. The number of amides is 1. The van der Waals surface area contributed by atoms with E-state index >= 15 is 0 Å². The summed E-state index contributed by atoms with van der Waals surface area (Å²) in [5.41, 5.74) is 2.07. The fourth-order valence-electron chi connectivity index (χ4n) is 2.34. The van der Waals surface area contributed by atoms with Gasteiger partial charge < -0.3 is 9.88 Å². The number of rotatable bonds is 4. The van der Waals surface area contributed by atoms with Gasteiger partial charge in [0.25, 0.3) is 10.0 Å². The predicted octanol–water partition coefficient (Wildman–Crippen LogP) is 2.33. The zero-order valence-electron chi connectivity index (χ0n) is 13.1. The van der Waals surface area contributed by atoms with Gasteiger partial charge in [-0.1, -0.05) is 12.1 Å². The number of aryl methyl sites for hydroxylation is 1. The molecule has 1 amide bonds. The fourth-order valence-corrected chi connectivity index (χ4v) is 3.37. The van der Waals surface area contributed by atoms with E-state index < -0.39 is 10.0 Å². The molecule has 0 unspecified atom stereocenters. The maximum Gasteiger partial charge on any atom is 0.264 e. The molecule has 0 radical (unpaired) electrons. The molecule has 0 aliphatic carbocycles. The van der Waals surface area contributed by atoms with E-state index in [2.05, 4.69) is 15.0 Å². The first kappa shape index (κ1) is 16.0. The number of benzene rings is 2. The first-order valence-corrected chi connectivity index (χ1v) is 8.67. The van der Waals surface area contributed by atoms with Crippen LogP contribution in [0.4, 0.5) is 11.6 Å². The molecule has 0 atom stereocenters. The van der Waals surface area contributed by atoms with Crippen molar-refractivity contribution in [2.75, 3.05) is 10.0 Å². The van der Waals surface area contributed by atoms with Crippen molar-refractivity contribution in [3.63, 3.8) is 0 Å². The minimum atomic E-state index is -3.77. The summed E-state index contributed by atoms with van der Waals surface area (Å²) in [6, 6.07) is 13.3. The summed E-state index contributed by atoms with van der Waals surface area (Å²) in [6.45, 7) is 1.39. The van der Waals surface area contributed by atoms with Crippen LogP contribution >= 0.6 is 0 Å². The van der Waals surface area contributed by atoms with Crippen molar-refractivity contribution in [1.29, 1.82) is 0 Å². The minimum Gasteiger partial charge on any atom is -0.326 e. The highest BCUT2D eigenvalue weighted by molar-refractivity contribution is 7.92. The van der Waals surface area contributed by atoms with E-state index in [1.54, 1.807) is 11.6 Å². The summed E-state index contributed by atoms with van der Waals surface area (Å²) in [6.07, 6.45) is 0. The van der Waals surface area contributed by atoms with Crippen molar-refractivity contribution in [3.8, 4) is 0 Å². The van der Waals surface area contributed by atoms with E-state index in [1.807, 2.05) is 24.3 Å². The van der Waals surface area contributed by atoms with Crippen LogP contribution in [0, 0.1) is 0 Å². The molecule has 3 aromatic rings. The van der Waals surface area contributed by atoms with Gasteiger partial charge in [-0.3, -0.25) is 4.79 Å². The van der Waals surface area contributed by atoms with Crippen LogP contribution in [-0.4, -0.2) is 23.9 Å². The van der Waals surface area contributed by atoms with Crippen LogP contribution in [0.15, 0.2) is 53.4 Å². The summed E-state index contributed by atoms with van der Waals surface area (Å²) in [4.78, 5) is 15.4. The maximum atomic E-state index is 12.5. The lowest BCUT2D eigenvalue weighted by Crippen LogP contribution is -2.16. The Morgan fingerprint density at radius 1 is 1.08 bits per heavy atom. The largest absolute Gasteiger partial charge is 0.326 e. The van der Waals surface area contributed by atoms with Crippen LogP contribution in [0.1, 0.15) is 6.92 Å². The van der Waals surface area contributed by atoms with Gasteiger partial charge in [-0.25, -0.2) is 18.1 Å². The van der Waals surface area contributed by atoms with E-state index in [4.69, 9.17) is 0 Å². The van der Waals surface area contributed by atoms with E-state index in [-0.39, 0.29) is 16.8 Å². The lowest BCUT2D eigenvalue weighted by Gasteiger charge is -2.09. The standard InChI is InChI=1S/C16H16N4O3S/c1-11(21)17-12-7-9-13(10-8-12)24(22,23)19-16-18-14-5-3-4-6-15(14)20(16)2/h3-10H,1-2H3,(H,17,21)(H,18,19). The molecule has 0 spiro atoms. The number of para-hydroxylation sites is 2. The average molecular weight is 344 g/mol. The topological polar surface area (TPSA) is 93.1 Å². The van der Waals surface area contributed by atoms with Gasteiger partial charge in [-0.15, -0.1) is 0 Å². The van der Waals surface area contributed by atoms with Gasteiger partial charge in [-0.05, 0) is 36.4 Å². The molecule has 0 aliphatic rings. The van der Waals surface area contributed by atoms with E-state index in [9.17, 15) is 13.2 Å². The van der Waals surface area contributed by atoms with Crippen molar-refractivity contribution < 1.29 is 13.2 Å². The summed E-state index contributed by atoms with van der Waals surface area (Å²) >= 11 is 0.